The molecule has 0 spiro atoms. The molecule has 3 fully saturated rings. The molecule has 1 saturated carbocycles. The van der Waals surface area contributed by atoms with Gasteiger partial charge in [0.2, 0.25) is 5.91 Å². The lowest BCUT2D eigenvalue weighted by Gasteiger charge is -2.38. The maximum Gasteiger partial charge on any atom is 0.417 e. The van der Waals surface area contributed by atoms with Crippen LogP contribution in [-0.2, 0) is 11.0 Å². The molecule has 2 saturated heterocycles. The number of hydrogen-bond donors (Lipinski definition) is 1. The summed E-state index contributed by atoms with van der Waals surface area (Å²) in [6.45, 7) is 7.34. The van der Waals surface area contributed by atoms with Gasteiger partial charge in [-0.3, -0.25) is 4.79 Å². The zero-order valence-corrected chi connectivity index (χ0v) is 18.7. The van der Waals surface area contributed by atoms with E-state index in [0.29, 0.717) is 30.7 Å². The van der Waals surface area contributed by atoms with E-state index in [4.69, 9.17) is 5.26 Å². The lowest BCUT2D eigenvalue weighted by Crippen LogP contribution is -2.43. The van der Waals surface area contributed by atoms with Gasteiger partial charge in [0.05, 0.1) is 23.1 Å². The molecule has 0 aromatic heterocycles. The van der Waals surface area contributed by atoms with Crippen LogP contribution in [0.25, 0.3) is 0 Å². The average molecular weight is 449 g/mol. The molecule has 32 heavy (non-hydrogen) atoms. The normalized spacial score (nSPS) is 25.2. The summed E-state index contributed by atoms with van der Waals surface area (Å²) < 4.78 is 40.5. The molecular formula is C24H31F3N4O. The summed E-state index contributed by atoms with van der Waals surface area (Å²) in [7, 11) is 0. The molecule has 2 heterocycles. The molecule has 8 heteroatoms. The Morgan fingerprint density at radius 1 is 1.16 bits per heavy atom. The van der Waals surface area contributed by atoms with Gasteiger partial charge >= 0.3 is 6.18 Å². The van der Waals surface area contributed by atoms with E-state index in [0.717, 1.165) is 44.8 Å². The van der Waals surface area contributed by atoms with Gasteiger partial charge in [0.25, 0.3) is 0 Å². The second kappa shape index (κ2) is 8.93. The SMILES string of the molecule is CC(C)N1CCC([C@@H]2CN(c3ccc(C#N)c(C(F)(F)F)c3)C[C@H]2C(=O)NC2CC2)CC1. The standard InChI is InChI=1S/C24H31F3N4O/c1-15(2)30-9-7-16(8-10-30)20-13-31(14-21(20)23(32)29-18-4-5-18)19-6-3-17(12-28)22(11-19)24(25,26)27/h3,6,11,15-16,18,20-21H,4-5,7-10,13-14H2,1-2H3,(H,29,32)/t20-,21+/m0/s1. The number of alkyl halides is 3. The highest BCUT2D eigenvalue weighted by atomic mass is 19.4. The van der Waals surface area contributed by atoms with Crippen molar-refractivity contribution in [3.63, 3.8) is 0 Å². The summed E-state index contributed by atoms with van der Waals surface area (Å²) in [5.41, 5.74) is -0.853. The van der Waals surface area contributed by atoms with Crippen molar-refractivity contribution in [2.45, 2.75) is 57.8 Å². The molecule has 1 amide bonds. The van der Waals surface area contributed by atoms with Gasteiger partial charge < -0.3 is 15.1 Å². The first-order chi connectivity index (χ1) is 15.2. The predicted molar refractivity (Wildman–Crippen MR) is 116 cm³/mol. The van der Waals surface area contributed by atoms with E-state index in [-0.39, 0.29) is 29.3 Å². The van der Waals surface area contributed by atoms with E-state index in [1.54, 1.807) is 12.1 Å². The molecule has 5 nitrogen and oxygen atoms in total. The van der Waals surface area contributed by atoms with Gasteiger partial charge in [0.1, 0.15) is 0 Å². The Bertz CT molecular complexity index is 882. The van der Waals surface area contributed by atoms with Gasteiger partial charge in [-0.25, -0.2) is 0 Å². The predicted octanol–water partition coefficient (Wildman–Crippen LogP) is 4.03. The minimum atomic E-state index is -4.59. The van der Waals surface area contributed by atoms with Crippen LogP contribution in [0.3, 0.4) is 0 Å². The van der Waals surface area contributed by atoms with Crippen molar-refractivity contribution in [3.05, 3.63) is 29.3 Å². The highest BCUT2D eigenvalue weighted by Gasteiger charge is 2.44. The number of nitriles is 1. The Hall–Kier alpha value is -2.27. The van der Waals surface area contributed by atoms with Gasteiger partial charge in [-0.2, -0.15) is 18.4 Å². The van der Waals surface area contributed by atoms with Crippen LogP contribution in [0.5, 0.6) is 0 Å². The highest BCUT2D eigenvalue weighted by Crippen LogP contribution is 2.40. The maximum atomic E-state index is 13.5. The molecular weight excluding hydrogens is 417 g/mol. The van der Waals surface area contributed by atoms with Gasteiger partial charge in [0, 0.05) is 30.9 Å². The lowest BCUT2D eigenvalue weighted by molar-refractivity contribution is -0.137. The van der Waals surface area contributed by atoms with Gasteiger partial charge in [-0.1, -0.05) is 0 Å². The molecule has 2 atom stereocenters. The summed E-state index contributed by atoms with van der Waals surface area (Å²) in [4.78, 5) is 17.4. The van der Waals surface area contributed by atoms with E-state index in [9.17, 15) is 18.0 Å². The first kappa shape index (κ1) is 22.9. The first-order valence-electron chi connectivity index (χ1n) is 11.6. The maximum absolute atomic E-state index is 13.5. The van der Waals surface area contributed by atoms with Crippen molar-refractivity contribution in [1.29, 1.82) is 5.26 Å². The summed E-state index contributed by atoms with van der Waals surface area (Å²) in [6.07, 6.45) is -0.572. The second-order valence-electron chi connectivity index (χ2n) is 9.76. The van der Waals surface area contributed by atoms with Crippen LogP contribution < -0.4 is 10.2 Å². The van der Waals surface area contributed by atoms with Crippen molar-refractivity contribution in [2.24, 2.45) is 17.8 Å². The monoisotopic (exact) mass is 448 g/mol. The number of rotatable bonds is 5. The van der Waals surface area contributed by atoms with Gasteiger partial charge in [-0.05, 0) is 82.7 Å². The first-order valence-corrected chi connectivity index (χ1v) is 11.6. The molecule has 4 rings (SSSR count). The minimum Gasteiger partial charge on any atom is -0.370 e. The topological polar surface area (TPSA) is 59.4 Å². The number of hydrogen-bond acceptors (Lipinski definition) is 4. The number of carbonyl (C=O) groups is 1. The summed E-state index contributed by atoms with van der Waals surface area (Å²) in [5, 5.41) is 12.2. The number of nitrogens with one attached hydrogen (secondary N) is 1. The van der Waals surface area contributed by atoms with Crippen LogP contribution in [0.1, 0.15) is 50.7 Å². The molecule has 174 valence electrons. The third-order valence-corrected chi connectivity index (χ3v) is 7.33. The molecule has 0 radical (unpaired) electrons. The zero-order valence-electron chi connectivity index (χ0n) is 18.7. The van der Waals surface area contributed by atoms with Crippen LogP contribution in [0.4, 0.5) is 18.9 Å². The van der Waals surface area contributed by atoms with Gasteiger partial charge in [0.15, 0.2) is 0 Å². The third-order valence-electron chi connectivity index (χ3n) is 7.33. The van der Waals surface area contributed by atoms with E-state index < -0.39 is 11.7 Å². The number of benzene rings is 1. The van der Waals surface area contributed by atoms with Crippen molar-refractivity contribution >= 4 is 11.6 Å². The Morgan fingerprint density at radius 3 is 2.41 bits per heavy atom. The van der Waals surface area contributed by atoms with Crippen molar-refractivity contribution in [2.75, 3.05) is 31.1 Å². The molecule has 1 aliphatic carbocycles. The van der Waals surface area contributed by atoms with Crippen LogP contribution >= 0.6 is 0 Å². The zero-order chi connectivity index (χ0) is 23.0. The Kier molecular flexibility index (Phi) is 6.39. The Labute approximate surface area is 187 Å². The average Bonchev–Trinajstić information content (AvgIpc) is 3.46. The fraction of sp³-hybridized carbons (Fsp3) is 0.667. The molecule has 0 bridgehead atoms. The minimum absolute atomic E-state index is 0.0379. The quantitative estimate of drug-likeness (QED) is 0.739. The van der Waals surface area contributed by atoms with Crippen LogP contribution in [0.2, 0.25) is 0 Å². The lowest BCUT2D eigenvalue weighted by atomic mass is 9.78. The molecule has 2 aliphatic heterocycles. The van der Waals surface area contributed by atoms with Gasteiger partial charge in [-0.15, -0.1) is 0 Å². The van der Waals surface area contributed by atoms with E-state index in [1.165, 1.54) is 6.07 Å². The fourth-order valence-corrected chi connectivity index (χ4v) is 5.26. The summed E-state index contributed by atoms with van der Waals surface area (Å²) in [5.74, 6) is 0.311. The number of carbonyl (C=O) groups excluding carboxylic acids is 1. The summed E-state index contributed by atoms with van der Waals surface area (Å²) >= 11 is 0. The Morgan fingerprint density at radius 2 is 1.84 bits per heavy atom. The summed E-state index contributed by atoms with van der Waals surface area (Å²) in [6, 6.07) is 6.27. The molecule has 1 N–H and O–H groups in total. The van der Waals surface area contributed by atoms with Crippen molar-refractivity contribution in [3.8, 4) is 6.07 Å². The number of anilines is 1. The van der Waals surface area contributed by atoms with Crippen LogP contribution in [0, 0.1) is 29.1 Å². The van der Waals surface area contributed by atoms with Crippen molar-refractivity contribution in [1.82, 2.24) is 10.2 Å². The number of piperidine rings is 1. The number of halogens is 3. The van der Waals surface area contributed by atoms with Crippen molar-refractivity contribution < 1.29 is 18.0 Å². The van der Waals surface area contributed by atoms with Crippen LogP contribution in [-0.4, -0.2) is 49.1 Å². The van der Waals surface area contributed by atoms with E-state index >= 15 is 0 Å². The van der Waals surface area contributed by atoms with Crippen LogP contribution in [0.15, 0.2) is 18.2 Å². The number of amides is 1. The van der Waals surface area contributed by atoms with E-state index in [2.05, 4.69) is 24.1 Å². The highest BCUT2D eigenvalue weighted by molar-refractivity contribution is 5.81. The van der Waals surface area contributed by atoms with E-state index in [1.807, 2.05) is 4.90 Å². The molecule has 1 aromatic carbocycles. The third kappa shape index (κ3) is 4.88. The number of nitrogens with zero attached hydrogens (tertiary/aromatic N) is 3. The molecule has 0 unspecified atom stereocenters. The fourth-order valence-electron chi connectivity index (χ4n) is 5.26. The smallest absolute Gasteiger partial charge is 0.370 e. The second-order valence-corrected chi connectivity index (χ2v) is 9.76. The largest absolute Gasteiger partial charge is 0.417 e. The molecule has 3 aliphatic rings. The number of likely N-dealkylation sites (tertiary alicyclic amines) is 1. The Balaban J connectivity index is 1.56. The molecule has 1 aromatic rings.